The van der Waals surface area contributed by atoms with E-state index >= 15 is 0 Å². The van der Waals surface area contributed by atoms with Crippen LogP contribution in [0.1, 0.15) is 32.1 Å². The van der Waals surface area contributed by atoms with E-state index in [0.29, 0.717) is 0 Å². The van der Waals surface area contributed by atoms with Crippen molar-refractivity contribution < 1.29 is 8.96 Å². The Balaban J connectivity index is 2.13. The SMILES string of the molecule is FN(F)CC1CCCCC1. The minimum absolute atomic E-state index is 0.0278. The lowest BCUT2D eigenvalue weighted by Gasteiger charge is -2.20. The van der Waals surface area contributed by atoms with Crippen LogP contribution in [0.2, 0.25) is 0 Å². The van der Waals surface area contributed by atoms with Gasteiger partial charge in [0, 0.05) is 5.34 Å². The molecule has 0 aliphatic heterocycles. The van der Waals surface area contributed by atoms with E-state index in [9.17, 15) is 8.96 Å². The molecule has 0 aromatic rings. The molecule has 1 fully saturated rings. The number of halogens is 2. The predicted octanol–water partition coefficient (Wildman–Crippen LogP) is 2.64. The molecule has 0 amide bonds. The first-order valence-electron chi connectivity index (χ1n) is 3.88. The van der Waals surface area contributed by atoms with Crippen molar-refractivity contribution in [3.05, 3.63) is 0 Å². The van der Waals surface area contributed by atoms with E-state index in [1.165, 1.54) is 6.42 Å². The van der Waals surface area contributed by atoms with Gasteiger partial charge in [0.15, 0.2) is 0 Å². The summed E-state index contributed by atoms with van der Waals surface area (Å²) < 4.78 is 23.3. The second kappa shape index (κ2) is 3.86. The Kier molecular flexibility index (Phi) is 3.06. The van der Waals surface area contributed by atoms with E-state index in [4.69, 9.17) is 0 Å². The van der Waals surface area contributed by atoms with Crippen molar-refractivity contribution >= 4 is 0 Å². The Hall–Kier alpha value is -0.180. The van der Waals surface area contributed by atoms with Crippen LogP contribution in [0.5, 0.6) is 0 Å². The van der Waals surface area contributed by atoms with Gasteiger partial charge in [0.1, 0.15) is 0 Å². The topological polar surface area (TPSA) is 3.24 Å². The van der Waals surface area contributed by atoms with Gasteiger partial charge in [0.2, 0.25) is 0 Å². The molecule has 10 heavy (non-hydrogen) atoms. The summed E-state index contributed by atoms with van der Waals surface area (Å²) in [4.78, 5) is 0. The van der Waals surface area contributed by atoms with Crippen molar-refractivity contribution in [2.75, 3.05) is 6.54 Å². The molecule has 1 rings (SSSR count). The maximum absolute atomic E-state index is 11.7. The highest BCUT2D eigenvalue weighted by atomic mass is 19.4. The third kappa shape index (κ3) is 2.60. The zero-order chi connectivity index (χ0) is 7.40. The summed E-state index contributed by atoms with van der Waals surface area (Å²) in [7, 11) is 0. The molecule has 0 radical (unpaired) electrons. The van der Waals surface area contributed by atoms with Crippen molar-refractivity contribution in [2.45, 2.75) is 32.1 Å². The van der Waals surface area contributed by atoms with Gasteiger partial charge < -0.3 is 0 Å². The maximum atomic E-state index is 11.7. The summed E-state index contributed by atoms with van der Waals surface area (Å²) >= 11 is 0. The molecule has 0 N–H and O–H groups in total. The molecule has 0 bridgehead atoms. The smallest absolute Gasteiger partial charge is 0.0648 e. The first kappa shape index (κ1) is 7.92. The summed E-state index contributed by atoms with van der Waals surface area (Å²) in [6.07, 6.45) is 5.49. The van der Waals surface area contributed by atoms with Crippen LogP contribution in [0.15, 0.2) is 0 Å². The van der Waals surface area contributed by atoms with Crippen LogP contribution >= 0.6 is 0 Å². The van der Waals surface area contributed by atoms with Gasteiger partial charge in [-0.2, -0.15) is 0 Å². The fourth-order valence-corrected chi connectivity index (χ4v) is 1.56. The standard InChI is InChI=1S/C7H13F2N/c8-10(9)6-7-4-2-1-3-5-7/h7H,1-6H2. The number of nitrogens with zero attached hydrogens (tertiary/aromatic N) is 1. The molecule has 0 unspecified atom stereocenters. The molecule has 0 heterocycles. The maximum Gasteiger partial charge on any atom is 0.0648 e. The normalized spacial score (nSPS) is 21.9. The van der Waals surface area contributed by atoms with Crippen LogP contribution < -0.4 is 0 Å². The van der Waals surface area contributed by atoms with Crippen molar-refractivity contribution in [1.29, 1.82) is 0 Å². The van der Waals surface area contributed by atoms with E-state index in [2.05, 4.69) is 0 Å². The molecule has 0 atom stereocenters. The van der Waals surface area contributed by atoms with Crippen molar-refractivity contribution in [1.82, 2.24) is 5.34 Å². The van der Waals surface area contributed by atoms with Gasteiger partial charge in [0.25, 0.3) is 0 Å². The second-order valence-electron chi connectivity index (χ2n) is 2.99. The van der Waals surface area contributed by atoms with Gasteiger partial charge in [-0.3, -0.25) is 0 Å². The lowest BCUT2D eigenvalue weighted by molar-refractivity contribution is -0.163. The highest BCUT2D eigenvalue weighted by Crippen LogP contribution is 2.24. The monoisotopic (exact) mass is 149 g/mol. The molecule has 0 aromatic carbocycles. The number of hydrogen-bond donors (Lipinski definition) is 0. The van der Waals surface area contributed by atoms with E-state index in [1.807, 2.05) is 0 Å². The zero-order valence-electron chi connectivity index (χ0n) is 6.02. The van der Waals surface area contributed by atoms with Crippen LogP contribution in [0, 0.1) is 5.92 Å². The molecule has 1 saturated carbocycles. The molecular formula is C7H13F2N. The number of rotatable bonds is 2. The minimum atomic E-state index is -0.685. The van der Waals surface area contributed by atoms with Gasteiger partial charge in [-0.05, 0) is 18.8 Å². The molecule has 0 spiro atoms. The Labute approximate surface area is 59.9 Å². The average molecular weight is 149 g/mol. The Bertz CT molecular complexity index is 89.6. The van der Waals surface area contributed by atoms with Crippen molar-refractivity contribution in [3.8, 4) is 0 Å². The summed E-state index contributed by atoms with van der Waals surface area (Å²) in [6.45, 7) is -0.0278. The third-order valence-corrected chi connectivity index (χ3v) is 2.12. The summed E-state index contributed by atoms with van der Waals surface area (Å²) in [5.74, 6) is 0.253. The van der Waals surface area contributed by atoms with Gasteiger partial charge in [-0.1, -0.05) is 19.3 Å². The first-order chi connectivity index (χ1) is 4.79. The Morgan fingerprint density at radius 2 is 1.70 bits per heavy atom. The van der Waals surface area contributed by atoms with E-state index in [1.54, 1.807) is 0 Å². The van der Waals surface area contributed by atoms with Gasteiger partial charge in [-0.25, -0.2) is 0 Å². The predicted molar refractivity (Wildman–Crippen MR) is 35.5 cm³/mol. The lowest BCUT2D eigenvalue weighted by Crippen LogP contribution is -2.17. The average Bonchev–Trinajstić information content (AvgIpc) is 1.88. The molecule has 3 heteroatoms. The van der Waals surface area contributed by atoms with Crippen LogP contribution in [0.3, 0.4) is 0 Å². The van der Waals surface area contributed by atoms with Crippen LogP contribution in [-0.4, -0.2) is 11.9 Å². The highest BCUT2D eigenvalue weighted by Gasteiger charge is 2.16. The Morgan fingerprint density at radius 3 is 2.20 bits per heavy atom. The second-order valence-corrected chi connectivity index (χ2v) is 2.99. The van der Waals surface area contributed by atoms with Crippen molar-refractivity contribution in [2.24, 2.45) is 5.92 Å². The summed E-state index contributed by atoms with van der Waals surface area (Å²) in [5, 5.41) is -0.685. The molecule has 1 aliphatic rings. The molecule has 60 valence electrons. The number of hydrogen-bond acceptors (Lipinski definition) is 1. The van der Waals surface area contributed by atoms with Gasteiger partial charge in [0.05, 0.1) is 6.54 Å². The molecule has 0 saturated heterocycles. The first-order valence-corrected chi connectivity index (χ1v) is 3.88. The zero-order valence-corrected chi connectivity index (χ0v) is 6.02. The summed E-state index contributed by atoms with van der Waals surface area (Å²) in [6, 6.07) is 0. The van der Waals surface area contributed by atoms with Crippen molar-refractivity contribution in [3.63, 3.8) is 0 Å². The minimum Gasteiger partial charge on any atom is -0.102 e. The van der Waals surface area contributed by atoms with Gasteiger partial charge >= 0.3 is 0 Å². The fraction of sp³-hybridized carbons (Fsp3) is 1.00. The van der Waals surface area contributed by atoms with Crippen LogP contribution in [0.25, 0.3) is 0 Å². The molecule has 1 aliphatic carbocycles. The third-order valence-electron chi connectivity index (χ3n) is 2.12. The van der Waals surface area contributed by atoms with Crippen LogP contribution in [-0.2, 0) is 0 Å². The van der Waals surface area contributed by atoms with E-state index in [-0.39, 0.29) is 12.5 Å². The molecule has 1 nitrogen and oxygen atoms in total. The summed E-state index contributed by atoms with van der Waals surface area (Å²) in [5.41, 5.74) is 0. The molecular weight excluding hydrogens is 136 g/mol. The van der Waals surface area contributed by atoms with E-state index in [0.717, 1.165) is 25.7 Å². The molecule has 0 aromatic heterocycles. The van der Waals surface area contributed by atoms with E-state index < -0.39 is 5.34 Å². The lowest BCUT2D eigenvalue weighted by atomic mass is 9.89. The van der Waals surface area contributed by atoms with Gasteiger partial charge in [-0.15, -0.1) is 8.96 Å². The largest absolute Gasteiger partial charge is 0.102 e. The fourth-order valence-electron chi connectivity index (χ4n) is 1.56. The highest BCUT2D eigenvalue weighted by molar-refractivity contribution is 4.65. The quantitative estimate of drug-likeness (QED) is 0.545. The van der Waals surface area contributed by atoms with Crippen LogP contribution in [0.4, 0.5) is 8.96 Å². The Morgan fingerprint density at radius 1 is 1.10 bits per heavy atom.